The molecule has 2 aliphatic heterocycles. The van der Waals surface area contributed by atoms with Crippen LogP contribution in [-0.4, -0.2) is 22.0 Å². The summed E-state index contributed by atoms with van der Waals surface area (Å²) < 4.78 is 27.5. The van der Waals surface area contributed by atoms with E-state index in [4.69, 9.17) is 4.99 Å². The van der Waals surface area contributed by atoms with Gasteiger partial charge in [0.1, 0.15) is 18.2 Å². The van der Waals surface area contributed by atoms with Crippen LogP contribution in [0.25, 0.3) is 11.3 Å². The highest BCUT2D eigenvalue weighted by Gasteiger charge is 2.37. The SMILES string of the molecule is O=Cc1ccc(-c2cc(C3C(c4ccc(F)c(F)c4)N=C4C=CC=CN43)ccn2)cc1. The van der Waals surface area contributed by atoms with Crippen molar-refractivity contribution in [2.75, 3.05) is 0 Å². The van der Waals surface area contributed by atoms with Crippen molar-refractivity contribution in [3.05, 3.63) is 114 Å². The van der Waals surface area contributed by atoms with Crippen molar-refractivity contribution >= 4 is 12.1 Å². The summed E-state index contributed by atoms with van der Waals surface area (Å²) in [6.45, 7) is 0. The van der Waals surface area contributed by atoms with Crippen molar-refractivity contribution in [2.24, 2.45) is 4.99 Å². The topological polar surface area (TPSA) is 45.6 Å². The molecule has 0 amide bonds. The van der Waals surface area contributed by atoms with Crippen LogP contribution < -0.4 is 0 Å². The van der Waals surface area contributed by atoms with Crippen molar-refractivity contribution in [2.45, 2.75) is 12.1 Å². The molecular weight excluding hydrogens is 396 g/mol. The van der Waals surface area contributed by atoms with Gasteiger partial charge in [-0.05, 0) is 47.5 Å². The van der Waals surface area contributed by atoms with Crippen LogP contribution in [0.2, 0.25) is 0 Å². The zero-order chi connectivity index (χ0) is 21.4. The number of rotatable bonds is 4. The first kappa shape index (κ1) is 19.1. The Balaban J connectivity index is 1.57. The zero-order valence-electron chi connectivity index (χ0n) is 16.3. The van der Waals surface area contributed by atoms with Gasteiger partial charge in [-0.2, -0.15) is 0 Å². The Morgan fingerprint density at radius 3 is 2.52 bits per heavy atom. The minimum absolute atomic E-state index is 0.239. The van der Waals surface area contributed by atoms with Crippen LogP contribution >= 0.6 is 0 Å². The molecule has 0 saturated heterocycles. The molecule has 0 bridgehead atoms. The average molecular weight is 413 g/mol. The van der Waals surface area contributed by atoms with Crippen molar-refractivity contribution in [1.82, 2.24) is 9.88 Å². The largest absolute Gasteiger partial charge is 0.323 e. The summed E-state index contributed by atoms with van der Waals surface area (Å²) in [7, 11) is 0. The summed E-state index contributed by atoms with van der Waals surface area (Å²) in [4.78, 5) is 22.2. The van der Waals surface area contributed by atoms with Crippen LogP contribution in [0.15, 0.2) is 90.2 Å². The minimum Gasteiger partial charge on any atom is -0.323 e. The number of allylic oxidation sites excluding steroid dienone is 2. The van der Waals surface area contributed by atoms with Crippen molar-refractivity contribution in [3.8, 4) is 11.3 Å². The van der Waals surface area contributed by atoms with Gasteiger partial charge in [0.25, 0.3) is 0 Å². The number of hydrogen-bond donors (Lipinski definition) is 0. The fourth-order valence-electron chi connectivity index (χ4n) is 3.97. The van der Waals surface area contributed by atoms with Gasteiger partial charge in [0.15, 0.2) is 11.6 Å². The molecule has 4 nitrogen and oxygen atoms in total. The second-order valence-corrected chi connectivity index (χ2v) is 7.37. The first-order valence-corrected chi connectivity index (χ1v) is 9.81. The number of aliphatic imine (C=N–C) groups is 1. The summed E-state index contributed by atoms with van der Waals surface area (Å²) in [6, 6.07) is 14.3. The van der Waals surface area contributed by atoms with E-state index in [0.29, 0.717) is 11.1 Å². The van der Waals surface area contributed by atoms with E-state index in [1.54, 1.807) is 24.4 Å². The summed E-state index contributed by atoms with van der Waals surface area (Å²) in [5.41, 5.74) is 3.77. The lowest BCUT2D eigenvalue weighted by atomic mass is 9.93. The van der Waals surface area contributed by atoms with E-state index in [9.17, 15) is 13.6 Å². The number of amidine groups is 1. The van der Waals surface area contributed by atoms with Gasteiger partial charge in [-0.15, -0.1) is 0 Å². The van der Waals surface area contributed by atoms with Gasteiger partial charge in [-0.3, -0.25) is 14.8 Å². The first-order chi connectivity index (χ1) is 15.1. The molecule has 31 heavy (non-hydrogen) atoms. The van der Waals surface area contributed by atoms with Crippen molar-refractivity contribution < 1.29 is 13.6 Å². The van der Waals surface area contributed by atoms with E-state index in [2.05, 4.69) is 4.98 Å². The number of carbonyl (C=O) groups excluding carboxylic acids is 1. The third-order valence-electron chi connectivity index (χ3n) is 5.49. The fraction of sp³-hybridized carbons (Fsp3) is 0.0800. The number of nitrogens with zero attached hydrogens (tertiary/aromatic N) is 3. The van der Waals surface area contributed by atoms with Crippen molar-refractivity contribution in [1.29, 1.82) is 0 Å². The van der Waals surface area contributed by atoms with E-state index < -0.39 is 17.7 Å². The number of benzene rings is 2. The molecule has 2 aromatic carbocycles. The van der Waals surface area contributed by atoms with E-state index in [1.165, 1.54) is 6.07 Å². The Morgan fingerprint density at radius 1 is 0.903 bits per heavy atom. The molecule has 1 aromatic heterocycles. The number of aldehydes is 1. The quantitative estimate of drug-likeness (QED) is 0.537. The van der Waals surface area contributed by atoms with E-state index in [1.807, 2.05) is 53.6 Å². The van der Waals surface area contributed by atoms with Crippen LogP contribution in [-0.2, 0) is 0 Å². The zero-order valence-corrected chi connectivity index (χ0v) is 16.3. The van der Waals surface area contributed by atoms with Gasteiger partial charge in [-0.25, -0.2) is 8.78 Å². The maximum absolute atomic E-state index is 14.0. The van der Waals surface area contributed by atoms with Gasteiger partial charge in [0.05, 0.1) is 11.7 Å². The minimum atomic E-state index is -0.891. The molecule has 0 N–H and O–H groups in total. The normalized spacial score (nSPS) is 19.3. The van der Waals surface area contributed by atoms with Crippen LogP contribution in [0.4, 0.5) is 8.78 Å². The lowest BCUT2D eigenvalue weighted by molar-refractivity contribution is 0.112. The highest BCUT2D eigenvalue weighted by atomic mass is 19.2. The highest BCUT2D eigenvalue weighted by molar-refractivity contribution is 5.97. The lowest BCUT2D eigenvalue weighted by Crippen LogP contribution is -2.26. The summed E-state index contributed by atoms with van der Waals surface area (Å²) in [5.74, 6) is -1.01. The van der Waals surface area contributed by atoms with Gasteiger partial charge in [0, 0.05) is 23.5 Å². The molecule has 2 atom stereocenters. The molecule has 0 radical (unpaired) electrons. The Kier molecular flexibility index (Phi) is 4.75. The van der Waals surface area contributed by atoms with E-state index in [0.717, 1.165) is 35.0 Å². The number of fused-ring (bicyclic) bond motifs is 1. The fourth-order valence-corrected chi connectivity index (χ4v) is 3.97. The Morgan fingerprint density at radius 2 is 1.74 bits per heavy atom. The molecule has 2 aliphatic rings. The maximum Gasteiger partial charge on any atom is 0.159 e. The molecule has 3 heterocycles. The second-order valence-electron chi connectivity index (χ2n) is 7.37. The van der Waals surface area contributed by atoms with Gasteiger partial charge in [0.2, 0.25) is 0 Å². The molecule has 3 aromatic rings. The number of halogens is 2. The number of carbonyl (C=O) groups is 1. The molecule has 152 valence electrons. The molecule has 0 aliphatic carbocycles. The van der Waals surface area contributed by atoms with Gasteiger partial charge < -0.3 is 4.90 Å². The standard InChI is InChI=1S/C25H17F2N3O/c26-20-9-8-18(13-21(20)27)24-25(30-12-2-1-3-23(30)29-24)19-10-11-28-22(14-19)17-6-4-16(15-31)5-7-17/h1-15,24-25H. The van der Waals surface area contributed by atoms with Crippen LogP contribution in [0.3, 0.4) is 0 Å². The molecule has 0 spiro atoms. The predicted molar refractivity (Wildman–Crippen MR) is 114 cm³/mol. The maximum atomic E-state index is 14.0. The number of pyridine rings is 1. The summed E-state index contributed by atoms with van der Waals surface area (Å²) >= 11 is 0. The lowest BCUT2D eigenvalue weighted by Gasteiger charge is -2.28. The Labute approximate surface area is 177 Å². The Bertz CT molecular complexity index is 1250. The third-order valence-corrected chi connectivity index (χ3v) is 5.49. The molecule has 5 rings (SSSR count). The Hall–Kier alpha value is -3.93. The number of hydrogen-bond acceptors (Lipinski definition) is 4. The van der Waals surface area contributed by atoms with Crippen molar-refractivity contribution in [3.63, 3.8) is 0 Å². The summed E-state index contributed by atoms with van der Waals surface area (Å²) in [5, 5.41) is 0. The van der Waals surface area contributed by atoms with E-state index in [-0.39, 0.29) is 6.04 Å². The molecule has 0 fully saturated rings. The highest BCUT2D eigenvalue weighted by Crippen LogP contribution is 2.44. The molecular formula is C25H17F2N3O. The molecule has 6 heteroatoms. The smallest absolute Gasteiger partial charge is 0.159 e. The van der Waals surface area contributed by atoms with Crippen LogP contribution in [0.1, 0.15) is 33.6 Å². The molecule has 0 saturated carbocycles. The molecule has 2 unspecified atom stereocenters. The van der Waals surface area contributed by atoms with Crippen LogP contribution in [0.5, 0.6) is 0 Å². The average Bonchev–Trinajstić information content (AvgIpc) is 3.20. The first-order valence-electron chi connectivity index (χ1n) is 9.81. The monoisotopic (exact) mass is 413 g/mol. The van der Waals surface area contributed by atoms with E-state index >= 15 is 0 Å². The van der Waals surface area contributed by atoms with Gasteiger partial charge in [-0.1, -0.05) is 36.4 Å². The predicted octanol–water partition coefficient (Wildman–Crippen LogP) is 5.42. The number of aromatic nitrogens is 1. The third kappa shape index (κ3) is 3.46. The van der Waals surface area contributed by atoms with Crippen LogP contribution in [0, 0.1) is 11.6 Å². The second kappa shape index (κ2) is 7.72. The summed E-state index contributed by atoms with van der Waals surface area (Å²) in [6.07, 6.45) is 10.2. The van der Waals surface area contributed by atoms with Gasteiger partial charge >= 0.3 is 0 Å².